The molecule has 1 atom stereocenters. The van der Waals surface area contributed by atoms with Crippen molar-refractivity contribution in [3.05, 3.63) is 102 Å². The Bertz CT molecular complexity index is 873. The van der Waals surface area contributed by atoms with E-state index in [0.717, 1.165) is 34.7 Å². The smallest absolute Gasteiger partial charge is 0.235 e. The standard InChI is InChI=1S/C24H23NO2S/c1-27-21-14-12-20(13-15-21)24-25(16-17-28-24)23(26)22(18-8-4-2-5-9-18)19-10-6-3-7-11-19/h2-15,22,24H,16-17H2,1H3. The van der Waals surface area contributed by atoms with Crippen molar-refractivity contribution in [2.45, 2.75) is 11.3 Å². The molecule has 3 aromatic carbocycles. The van der Waals surface area contributed by atoms with Gasteiger partial charge in [-0.15, -0.1) is 11.8 Å². The van der Waals surface area contributed by atoms with E-state index < -0.39 is 0 Å². The quantitative estimate of drug-likeness (QED) is 0.608. The zero-order valence-electron chi connectivity index (χ0n) is 15.8. The third-order valence-electron chi connectivity index (χ3n) is 5.09. The van der Waals surface area contributed by atoms with Crippen LogP contribution in [-0.2, 0) is 4.79 Å². The lowest BCUT2D eigenvalue weighted by molar-refractivity contribution is -0.132. The van der Waals surface area contributed by atoms with Crippen molar-refractivity contribution >= 4 is 17.7 Å². The number of rotatable bonds is 5. The Hall–Kier alpha value is -2.72. The molecule has 1 amide bonds. The molecule has 142 valence electrons. The summed E-state index contributed by atoms with van der Waals surface area (Å²) in [5, 5.41) is 0.0355. The van der Waals surface area contributed by atoms with Crippen molar-refractivity contribution in [3.8, 4) is 5.75 Å². The number of hydrogen-bond donors (Lipinski definition) is 0. The maximum Gasteiger partial charge on any atom is 0.235 e. The van der Waals surface area contributed by atoms with Crippen molar-refractivity contribution in [1.29, 1.82) is 0 Å². The van der Waals surface area contributed by atoms with Gasteiger partial charge in [-0.3, -0.25) is 4.79 Å². The third kappa shape index (κ3) is 3.78. The highest BCUT2D eigenvalue weighted by molar-refractivity contribution is 7.99. The van der Waals surface area contributed by atoms with E-state index in [2.05, 4.69) is 12.1 Å². The zero-order valence-corrected chi connectivity index (χ0v) is 16.6. The Morgan fingerprint density at radius 3 is 2.04 bits per heavy atom. The molecular formula is C24H23NO2S. The van der Waals surface area contributed by atoms with Crippen LogP contribution in [0.1, 0.15) is 28.0 Å². The summed E-state index contributed by atoms with van der Waals surface area (Å²) in [6, 6.07) is 28.2. The zero-order chi connectivity index (χ0) is 19.3. The second-order valence-corrected chi connectivity index (χ2v) is 7.97. The monoisotopic (exact) mass is 389 g/mol. The van der Waals surface area contributed by atoms with E-state index in [0.29, 0.717) is 0 Å². The van der Waals surface area contributed by atoms with Gasteiger partial charge in [-0.2, -0.15) is 0 Å². The summed E-state index contributed by atoms with van der Waals surface area (Å²) in [4.78, 5) is 15.8. The number of hydrogen-bond acceptors (Lipinski definition) is 3. The van der Waals surface area contributed by atoms with Gasteiger partial charge in [-0.1, -0.05) is 72.8 Å². The third-order valence-corrected chi connectivity index (χ3v) is 6.35. The lowest BCUT2D eigenvalue weighted by Gasteiger charge is -2.29. The summed E-state index contributed by atoms with van der Waals surface area (Å²) in [6.07, 6.45) is 0. The van der Waals surface area contributed by atoms with E-state index >= 15 is 0 Å². The van der Waals surface area contributed by atoms with Gasteiger partial charge in [0.05, 0.1) is 13.0 Å². The molecule has 1 aliphatic rings. The van der Waals surface area contributed by atoms with Crippen LogP contribution < -0.4 is 4.74 Å². The minimum absolute atomic E-state index is 0.0355. The van der Waals surface area contributed by atoms with Crippen LogP contribution in [0.2, 0.25) is 0 Å². The van der Waals surface area contributed by atoms with Crippen molar-refractivity contribution in [1.82, 2.24) is 4.90 Å². The molecule has 0 N–H and O–H groups in total. The Labute approximate surface area is 170 Å². The molecule has 0 spiro atoms. The second-order valence-electron chi connectivity index (χ2n) is 6.78. The van der Waals surface area contributed by atoms with E-state index in [1.54, 1.807) is 7.11 Å². The van der Waals surface area contributed by atoms with Crippen molar-refractivity contribution < 1.29 is 9.53 Å². The van der Waals surface area contributed by atoms with Crippen molar-refractivity contribution in [3.63, 3.8) is 0 Å². The maximum atomic E-state index is 13.7. The lowest BCUT2D eigenvalue weighted by atomic mass is 9.90. The molecule has 1 aliphatic heterocycles. The van der Waals surface area contributed by atoms with Crippen LogP contribution in [0.25, 0.3) is 0 Å². The molecule has 3 aromatic rings. The molecule has 0 aliphatic carbocycles. The fraction of sp³-hybridized carbons (Fsp3) is 0.208. The summed E-state index contributed by atoms with van der Waals surface area (Å²) in [7, 11) is 1.67. The Morgan fingerprint density at radius 1 is 0.929 bits per heavy atom. The van der Waals surface area contributed by atoms with Gasteiger partial charge in [0.2, 0.25) is 5.91 Å². The largest absolute Gasteiger partial charge is 0.497 e. The van der Waals surface area contributed by atoms with E-state index in [-0.39, 0.29) is 17.2 Å². The number of thioether (sulfide) groups is 1. The highest BCUT2D eigenvalue weighted by atomic mass is 32.2. The lowest BCUT2D eigenvalue weighted by Crippen LogP contribution is -2.35. The summed E-state index contributed by atoms with van der Waals surface area (Å²) < 4.78 is 5.27. The number of carbonyl (C=O) groups is 1. The summed E-state index contributed by atoms with van der Waals surface area (Å²) >= 11 is 1.82. The molecule has 3 nitrogen and oxygen atoms in total. The second kappa shape index (κ2) is 8.53. The molecule has 0 aromatic heterocycles. The first kappa shape index (κ1) is 18.6. The minimum atomic E-state index is -0.290. The van der Waals surface area contributed by atoms with Crippen LogP contribution in [0.5, 0.6) is 5.75 Å². The number of methoxy groups -OCH3 is 1. The number of nitrogens with zero attached hydrogens (tertiary/aromatic N) is 1. The van der Waals surface area contributed by atoms with E-state index in [1.165, 1.54) is 0 Å². The predicted molar refractivity (Wildman–Crippen MR) is 115 cm³/mol. The van der Waals surface area contributed by atoms with E-state index in [4.69, 9.17) is 4.74 Å². The number of benzene rings is 3. The highest BCUT2D eigenvalue weighted by Crippen LogP contribution is 2.41. The van der Waals surface area contributed by atoms with Crippen molar-refractivity contribution in [2.24, 2.45) is 0 Å². The average Bonchev–Trinajstić information content (AvgIpc) is 3.25. The van der Waals surface area contributed by atoms with Gasteiger partial charge < -0.3 is 9.64 Å². The Kier molecular flexibility index (Phi) is 5.68. The number of carbonyl (C=O) groups excluding carboxylic acids is 1. The number of ether oxygens (including phenoxy) is 1. The molecule has 0 saturated carbocycles. The van der Waals surface area contributed by atoms with Crippen LogP contribution in [-0.4, -0.2) is 30.2 Å². The topological polar surface area (TPSA) is 29.5 Å². The van der Waals surface area contributed by atoms with Gasteiger partial charge >= 0.3 is 0 Å². The molecule has 28 heavy (non-hydrogen) atoms. The van der Waals surface area contributed by atoms with Gasteiger partial charge in [0.25, 0.3) is 0 Å². The number of amides is 1. The predicted octanol–water partition coefficient (Wildman–Crippen LogP) is 5.10. The normalized spacial score (nSPS) is 16.4. The minimum Gasteiger partial charge on any atom is -0.497 e. The van der Waals surface area contributed by atoms with Crippen LogP contribution >= 0.6 is 11.8 Å². The molecule has 1 saturated heterocycles. The molecule has 1 unspecified atom stereocenters. The SMILES string of the molecule is COc1ccc(C2SCCN2C(=O)C(c2ccccc2)c2ccccc2)cc1. The van der Waals surface area contributed by atoms with Crippen molar-refractivity contribution in [2.75, 3.05) is 19.4 Å². The summed E-state index contributed by atoms with van der Waals surface area (Å²) in [5.41, 5.74) is 3.20. The Morgan fingerprint density at radius 2 is 1.50 bits per heavy atom. The van der Waals surface area contributed by atoms with Gasteiger partial charge in [0, 0.05) is 12.3 Å². The van der Waals surface area contributed by atoms with Gasteiger partial charge in [0.15, 0.2) is 0 Å². The van der Waals surface area contributed by atoms with Crippen LogP contribution in [0, 0.1) is 0 Å². The first-order valence-corrected chi connectivity index (χ1v) is 10.5. The van der Waals surface area contributed by atoms with Crippen LogP contribution in [0.3, 0.4) is 0 Å². The van der Waals surface area contributed by atoms with Gasteiger partial charge in [0.1, 0.15) is 11.1 Å². The summed E-state index contributed by atoms with van der Waals surface area (Å²) in [5.74, 6) is 1.64. The summed E-state index contributed by atoms with van der Waals surface area (Å²) in [6.45, 7) is 0.760. The first-order valence-electron chi connectivity index (χ1n) is 9.44. The van der Waals surface area contributed by atoms with Crippen LogP contribution in [0.4, 0.5) is 0 Å². The molecule has 0 bridgehead atoms. The van der Waals surface area contributed by atoms with E-state index in [9.17, 15) is 4.79 Å². The molecule has 4 heteroatoms. The van der Waals surface area contributed by atoms with Gasteiger partial charge in [-0.25, -0.2) is 0 Å². The Balaban J connectivity index is 1.67. The van der Waals surface area contributed by atoms with Crippen LogP contribution in [0.15, 0.2) is 84.9 Å². The van der Waals surface area contributed by atoms with Gasteiger partial charge in [-0.05, 0) is 28.8 Å². The fourth-order valence-electron chi connectivity index (χ4n) is 3.67. The molecule has 1 fully saturated rings. The molecule has 1 heterocycles. The first-order chi connectivity index (χ1) is 13.8. The molecule has 4 rings (SSSR count). The maximum absolute atomic E-state index is 13.7. The fourth-order valence-corrected chi connectivity index (χ4v) is 4.94. The highest BCUT2D eigenvalue weighted by Gasteiger charge is 2.35. The van der Waals surface area contributed by atoms with E-state index in [1.807, 2.05) is 89.5 Å². The average molecular weight is 390 g/mol. The molecular weight excluding hydrogens is 366 g/mol. The molecule has 0 radical (unpaired) electrons.